The molecule has 0 bridgehead atoms. The summed E-state index contributed by atoms with van der Waals surface area (Å²) in [4.78, 5) is 25.0. The molecule has 1 saturated heterocycles. The molecule has 1 aliphatic heterocycles. The van der Waals surface area contributed by atoms with Crippen LogP contribution in [0.15, 0.2) is 15.8 Å². The van der Waals surface area contributed by atoms with Gasteiger partial charge in [0.15, 0.2) is 0 Å². The second-order valence-electron chi connectivity index (χ2n) is 4.19. The molecule has 7 nitrogen and oxygen atoms in total. The molecule has 4 N–H and O–H groups in total. The Bertz CT molecular complexity index is 527. The average Bonchev–Trinajstić information content (AvgIpc) is 2.65. The number of nitrogens with zero attached hydrogens (tertiary/aromatic N) is 1. The highest BCUT2D eigenvalue weighted by Gasteiger charge is 2.33. The Kier molecular flexibility index (Phi) is 4.69. The van der Waals surface area contributed by atoms with Gasteiger partial charge in [-0.05, 0) is 6.92 Å². The lowest BCUT2D eigenvalue weighted by Crippen LogP contribution is -2.33. The van der Waals surface area contributed by atoms with Crippen molar-refractivity contribution in [2.75, 3.05) is 6.61 Å². The van der Waals surface area contributed by atoms with Crippen LogP contribution in [0.3, 0.4) is 0 Å². The number of aryl methyl sites for hydroxylation is 1. The van der Waals surface area contributed by atoms with Crippen LogP contribution in [0.1, 0.15) is 18.2 Å². The predicted molar refractivity (Wildman–Crippen MR) is 66.9 cm³/mol. The van der Waals surface area contributed by atoms with Crippen LogP contribution in [0.4, 0.5) is 0 Å². The number of halogens is 1. The maximum atomic E-state index is 11.6. The quantitative estimate of drug-likeness (QED) is 0.634. The second kappa shape index (κ2) is 5.66. The number of hydrogen-bond donors (Lipinski definition) is 3. The van der Waals surface area contributed by atoms with E-state index in [-0.39, 0.29) is 25.1 Å². The van der Waals surface area contributed by atoms with Crippen LogP contribution in [-0.2, 0) is 4.74 Å². The fraction of sp³-hybridized carbons (Fsp3) is 0.600. The van der Waals surface area contributed by atoms with Crippen LogP contribution in [-0.4, -0.2) is 33.4 Å². The first kappa shape index (κ1) is 14.9. The normalized spacial score (nSPS) is 26.9. The lowest BCUT2D eigenvalue weighted by atomic mass is 10.1. The topological polar surface area (TPSA) is 110 Å². The van der Waals surface area contributed by atoms with Gasteiger partial charge in [0.25, 0.3) is 5.56 Å². The molecular formula is C10H16ClN3O4. The first-order valence-electron chi connectivity index (χ1n) is 5.37. The van der Waals surface area contributed by atoms with Gasteiger partial charge in [0.05, 0.1) is 12.7 Å². The van der Waals surface area contributed by atoms with Crippen molar-refractivity contribution in [1.82, 2.24) is 9.55 Å². The number of aliphatic hydroxyl groups excluding tert-OH is 1. The minimum atomic E-state index is -0.537. The molecule has 18 heavy (non-hydrogen) atoms. The molecular weight excluding hydrogens is 262 g/mol. The monoisotopic (exact) mass is 277 g/mol. The van der Waals surface area contributed by atoms with Crippen molar-refractivity contribution in [2.24, 2.45) is 5.73 Å². The number of ether oxygens (including phenoxy) is 1. The van der Waals surface area contributed by atoms with Gasteiger partial charge in [-0.25, -0.2) is 4.79 Å². The highest BCUT2D eigenvalue weighted by Crippen LogP contribution is 2.25. The van der Waals surface area contributed by atoms with Gasteiger partial charge in [-0.15, -0.1) is 12.4 Å². The number of aromatic nitrogens is 2. The molecule has 1 aliphatic rings. The van der Waals surface area contributed by atoms with Crippen LogP contribution in [0.25, 0.3) is 0 Å². The third-order valence-electron chi connectivity index (χ3n) is 2.92. The summed E-state index contributed by atoms with van der Waals surface area (Å²) < 4.78 is 6.75. The van der Waals surface area contributed by atoms with E-state index >= 15 is 0 Å². The number of nitrogens with two attached hydrogens (primary N) is 1. The summed E-state index contributed by atoms with van der Waals surface area (Å²) in [6, 6.07) is -0.316. The van der Waals surface area contributed by atoms with Crippen molar-refractivity contribution in [1.29, 1.82) is 0 Å². The molecule has 0 saturated carbocycles. The molecule has 102 valence electrons. The Morgan fingerprint density at radius 1 is 1.61 bits per heavy atom. The van der Waals surface area contributed by atoms with E-state index in [0.717, 1.165) is 0 Å². The lowest BCUT2D eigenvalue weighted by Gasteiger charge is -2.14. The van der Waals surface area contributed by atoms with Gasteiger partial charge in [0.2, 0.25) is 0 Å². The molecule has 3 atom stereocenters. The van der Waals surface area contributed by atoms with E-state index in [1.807, 2.05) is 0 Å². The van der Waals surface area contributed by atoms with Gasteiger partial charge in [-0.2, -0.15) is 0 Å². The summed E-state index contributed by atoms with van der Waals surface area (Å²) in [6.45, 7) is 1.42. The fourth-order valence-electron chi connectivity index (χ4n) is 1.90. The van der Waals surface area contributed by atoms with Gasteiger partial charge in [0, 0.05) is 24.2 Å². The van der Waals surface area contributed by atoms with Crippen molar-refractivity contribution in [2.45, 2.75) is 31.7 Å². The van der Waals surface area contributed by atoms with E-state index < -0.39 is 23.6 Å². The van der Waals surface area contributed by atoms with E-state index in [9.17, 15) is 9.59 Å². The zero-order chi connectivity index (χ0) is 12.6. The van der Waals surface area contributed by atoms with Gasteiger partial charge >= 0.3 is 5.69 Å². The van der Waals surface area contributed by atoms with E-state index in [0.29, 0.717) is 12.0 Å². The molecule has 2 heterocycles. The van der Waals surface area contributed by atoms with Gasteiger partial charge in [-0.3, -0.25) is 14.3 Å². The zero-order valence-electron chi connectivity index (χ0n) is 9.83. The third-order valence-corrected chi connectivity index (χ3v) is 2.92. The van der Waals surface area contributed by atoms with E-state index in [2.05, 4.69) is 4.98 Å². The minimum absolute atomic E-state index is 0. The second-order valence-corrected chi connectivity index (χ2v) is 4.19. The molecule has 0 aromatic carbocycles. The van der Waals surface area contributed by atoms with Crippen molar-refractivity contribution >= 4 is 12.4 Å². The van der Waals surface area contributed by atoms with Crippen molar-refractivity contribution in [3.63, 3.8) is 0 Å². The lowest BCUT2D eigenvalue weighted by molar-refractivity contribution is -0.0271. The Hall–Kier alpha value is -1.15. The summed E-state index contributed by atoms with van der Waals surface area (Å²) >= 11 is 0. The van der Waals surface area contributed by atoms with E-state index in [4.69, 9.17) is 15.6 Å². The zero-order valence-corrected chi connectivity index (χ0v) is 10.6. The van der Waals surface area contributed by atoms with Crippen LogP contribution in [0.2, 0.25) is 0 Å². The highest BCUT2D eigenvalue weighted by atomic mass is 35.5. The largest absolute Gasteiger partial charge is 0.394 e. The number of nitrogens with one attached hydrogen (secondary N) is 1. The molecule has 8 heteroatoms. The Balaban J connectivity index is 0.00000162. The number of aliphatic hydroxyl groups is 1. The molecule has 1 fully saturated rings. The maximum absolute atomic E-state index is 11.6. The third kappa shape index (κ3) is 2.64. The first-order chi connectivity index (χ1) is 8.02. The number of aromatic amines is 1. The smallest absolute Gasteiger partial charge is 0.330 e. The number of hydrogen-bond acceptors (Lipinski definition) is 5. The molecule has 0 amide bonds. The summed E-state index contributed by atoms with van der Waals surface area (Å²) in [5, 5.41) is 9.02. The molecule has 0 aliphatic carbocycles. The Labute approximate surface area is 109 Å². The molecule has 2 rings (SSSR count). The van der Waals surface area contributed by atoms with E-state index in [1.165, 1.54) is 10.8 Å². The highest BCUT2D eigenvalue weighted by molar-refractivity contribution is 5.85. The summed E-state index contributed by atoms with van der Waals surface area (Å²) in [5.41, 5.74) is 5.25. The fourth-order valence-corrected chi connectivity index (χ4v) is 1.90. The van der Waals surface area contributed by atoms with Crippen LogP contribution >= 0.6 is 12.4 Å². The summed E-state index contributed by atoms with van der Waals surface area (Å²) in [6.07, 6.45) is 0.860. The number of H-pyrrole nitrogens is 1. The molecule has 0 spiro atoms. The SMILES string of the molecule is Cc1cn(C2CC(N)C(CO)O2)c(=O)[nH]c1=O.Cl. The molecule has 3 unspecified atom stereocenters. The van der Waals surface area contributed by atoms with Crippen molar-refractivity contribution in [3.8, 4) is 0 Å². The number of rotatable bonds is 2. The van der Waals surface area contributed by atoms with E-state index in [1.54, 1.807) is 6.92 Å². The maximum Gasteiger partial charge on any atom is 0.330 e. The van der Waals surface area contributed by atoms with Crippen LogP contribution in [0, 0.1) is 6.92 Å². The van der Waals surface area contributed by atoms with Crippen molar-refractivity contribution in [3.05, 3.63) is 32.6 Å². The summed E-state index contributed by atoms with van der Waals surface area (Å²) in [7, 11) is 0. The summed E-state index contributed by atoms with van der Waals surface area (Å²) in [5.74, 6) is 0. The van der Waals surface area contributed by atoms with Gasteiger partial charge in [-0.1, -0.05) is 0 Å². The average molecular weight is 278 g/mol. The molecule has 1 aromatic rings. The van der Waals surface area contributed by atoms with Crippen LogP contribution in [0.5, 0.6) is 0 Å². The van der Waals surface area contributed by atoms with Gasteiger partial charge in [0.1, 0.15) is 6.23 Å². The Morgan fingerprint density at radius 3 is 2.83 bits per heavy atom. The standard InChI is InChI=1S/C10H15N3O4.ClH/c1-5-3-13(10(16)12-9(5)15)8-2-6(11)7(4-14)17-8;/h3,6-8,14H,2,4,11H2,1H3,(H,12,15,16);1H. The first-order valence-corrected chi connectivity index (χ1v) is 5.37. The minimum Gasteiger partial charge on any atom is -0.394 e. The predicted octanol–water partition coefficient (Wildman–Crippen LogP) is -1.13. The Morgan fingerprint density at radius 2 is 2.28 bits per heavy atom. The molecule has 1 aromatic heterocycles. The van der Waals surface area contributed by atoms with Crippen molar-refractivity contribution < 1.29 is 9.84 Å². The van der Waals surface area contributed by atoms with Crippen LogP contribution < -0.4 is 17.0 Å². The van der Waals surface area contributed by atoms with Gasteiger partial charge < -0.3 is 15.6 Å². The molecule has 0 radical (unpaired) electrons.